The van der Waals surface area contributed by atoms with Gasteiger partial charge < -0.3 is 0 Å². The van der Waals surface area contributed by atoms with Gasteiger partial charge in [-0.05, 0) is 18.2 Å². The zero-order valence-electron chi connectivity index (χ0n) is 6.11. The molecule has 0 atom stereocenters. The molecule has 2 aromatic rings. The standard InChI is InChI=1S/C7H7N3O2/c11-12-10-6-1-2-7-5(3-6)4-8-9-7/h1-4,10-11H,(H,8,9). The Balaban J connectivity index is 2.46. The van der Waals surface area contributed by atoms with Crippen LogP contribution in [0.15, 0.2) is 24.4 Å². The van der Waals surface area contributed by atoms with E-state index >= 15 is 0 Å². The minimum absolute atomic E-state index is 0.673. The molecule has 0 saturated heterocycles. The van der Waals surface area contributed by atoms with Crippen molar-refractivity contribution >= 4 is 16.6 Å². The molecule has 0 amide bonds. The fraction of sp³-hybridized carbons (Fsp3) is 0. The molecule has 0 spiro atoms. The van der Waals surface area contributed by atoms with Gasteiger partial charge in [0.15, 0.2) is 0 Å². The maximum Gasteiger partial charge on any atom is 0.0651 e. The van der Waals surface area contributed by atoms with Gasteiger partial charge >= 0.3 is 0 Å². The lowest BCUT2D eigenvalue weighted by Crippen LogP contribution is -1.94. The highest BCUT2D eigenvalue weighted by Crippen LogP contribution is 2.16. The molecule has 0 radical (unpaired) electrons. The SMILES string of the molecule is OONc1ccc2[nH]ncc2c1. The predicted octanol–water partition coefficient (Wildman–Crippen LogP) is 1.38. The second-order valence-electron chi connectivity index (χ2n) is 2.37. The maximum absolute atomic E-state index is 8.11. The van der Waals surface area contributed by atoms with Crippen molar-refractivity contribution in [2.45, 2.75) is 0 Å². The second kappa shape index (κ2) is 2.80. The van der Waals surface area contributed by atoms with Crippen molar-refractivity contribution in [3.05, 3.63) is 24.4 Å². The number of anilines is 1. The van der Waals surface area contributed by atoms with Crippen molar-refractivity contribution in [1.29, 1.82) is 0 Å². The monoisotopic (exact) mass is 165 g/mol. The first-order valence-corrected chi connectivity index (χ1v) is 3.40. The summed E-state index contributed by atoms with van der Waals surface area (Å²) < 4.78 is 0. The summed E-state index contributed by atoms with van der Waals surface area (Å²) in [6.45, 7) is 0. The molecule has 62 valence electrons. The van der Waals surface area contributed by atoms with E-state index in [1.807, 2.05) is 6.07 Å². The van der Waals surface area contributed by atoms with Crippen molar-refractivity contribution in [2.75, 3.05) is 5.48 Å². The largest absolute Gasteiger partial charge is 0.278 e. The van der Waals surface area contributed by atoms with Gasteiger partial charge in [-0.1, -0.05) is 0 Å². The van der Waals surface area contributed by atoms with Gasteiger partial charge in [0.25, 0.3) is 0 Å². The number of aromatic nitrogens is 2. The number of H-pyrrole nitrogens is 1. The molecule has 3 N–H and O–H groups in total. The fourth-order valence-electron chi connectivity index (χ4n) is 1.06. The molecule has 1 heterocycles. The van der Waals surface area contributed by atoms with Gasteiger partial charge in [0.1, 0.15) is 0 Å². The van der Waals surface area contributed by atoms with Crippen LogP contribution in [0.1, 0.15) is 0 Å². The molecular formula is C7H7N3O2. The molecule has 0 aliphatic heterocycles. The smallest absolute Gasteiger partial charge is 0.0651 e. The van der Waals surface area contributed by atoms with Gasteiger partial charge in [0, 0.05) is 5.39 Å². The van der Waals surface area contributed by atoms with E-state index in [2.05, 4.69) is 20.7 Å². The number of fused-ring (bicyclic) bond motifs is 1. The first-order chi connectivity index (χ1) is 5.90. The number of rotatable bonds is 2. The first-order valence-electron chi connectivity index (χ1n) is 3.40. The maximum atomic E-state index is 8.11. The van der Waals surface area contributed by atoms with Gasteiger partial charge in [-0.3, -0.25) is 5.10 Å². The van der Waals surface area contributed by atoms with E-state index in [4.69, 9.17) is 5.26 Å². The van der Waals surface area contributed by atoms with Crippen LogP contribution in [0, 0.1) is 0 Å². The summed E-state index contributed by atoms with van der Waals surface area (Å²) in [4.78, 5) is 3.77. The molecule has 1 aromatic heterocycles. The van der Waals surface area contributed by atoms with Gasteiger partial charge in [-0.25, -0.2) is 10.7 Å². The van der Waals surface area contributed by atoms with Crippen LogP contribution in [0.5, 0.6) is 0 Å². The average molecular weight is 165 g/mol. The Labute approximate surface area is 67.9 Å². The highest BCUT2D eigenvalue weighted by Gasteiger charge is 1.96. The lowest BCUT2D eigenvalue weighted by atomic mass is 10.2. The van der Waals surface area contributed by atoms with Crippen LogP contribution in [0.2, 0.25) is 0 Å². The third kappa shape index (κ3) is 1.11. The Morgan fingerprint density at radius 2 is 2.42 bits per heavy atom. The molecule has 0 saturated carbocycles. The zero-order chi connectivity index (χ0) is 8.39. The number of aromatic amines is 1. The van der Waals surface area contributed by atoms with Gasteiger partial charge in [-0.15, -0.1) is 4.99 Å². The first kappa shape index (κ1) is 7.08. The molecule has 0 aliphatic rings. The third-order valence-electron chi connectivity index (χ3n) is 1.60. The molecule has 5 nitrogen and oxygen atoms in total. The predicted molar refractivity (Wildman–Crippen MR) is 43.4 cm³/mol. The summed E-state index contributed by atoms with van der Waals surface area (Å²) in [6.07, 6.45) is 1.69. The number of hydrogen-bond donors (Lipinski definition) is 3. The topological polar surface area (TPSA) is 70.2 Å². The molecule has 0 aliphatic carbocycles. The molecule has 5 heteroatoms. The van der Waals surface area contributed by atoms with Crippen LogP contribution in [0.25, 0.3) is 10.9 Å². The zero-order valence-corrected chi connectivity index (χ0v) is 6.11. The molecule has 2 rings (SSSR count). The van der Waals surface area contributed by atoms with Crippen molar-refractivity contribution in [3.8, 4) is 0 Å². The highest BCUT2D eigenvalue weighted by atomic mass is 17.2. The molecular weight excluding hydrogens is 158 g/mol. The normalized spacial score (nSPS) is 10.4. The lowest BCUT2D eigenvalue weighted by Gasteiger charge is -1.99. The van der Waals surface area contributed by atoms with Crippen LogP contribution < -0.4 is 5.48 Å². The van der Waals surface area contributed by atoms with Crippen LogP contribution in [-0.2, 0) is 4.99 Å². The minimum atomic E-state index is 0.673. The van der Waals surface area contributed by atoms with Gasteiger partial charge in [0.2, 0.25) is 0 Å². The quantitative estimate of drug-likeness (QED) is 0.464. The van der Waals surface area contributed by atoms with Gasteiger partial charge in [-0.2, -0.15) is 5.10 Å². The fourth-order valence-corrected chi connectivity index (χ4v) is 1.06. The summed E-state index contributed by atoms with van der Waals surface area (Å²) in [7, 11) is 0. The lowest BCUT2D eigenvalue weighted by molar-refractivity contribution is -0.215. The molecule has 0 unspecified atom stereocenters. The van der Waals surface area contributed by atoms with Crippen LogP contribution in [0.3, 0.4) is 0 Å². The number of hydrogen-bond acceptors (Lipinski definition) is 4. The number of nitrogens with zero attached hydrogens (tertiary/aromatic N) is 1. The van der Waals surface area contributed by atoms with Crippen molar-refractivity contribution < 1.29 is 10.2 Å². The van der Waals surface area contributed by atoms with Crippen LogP contribution in [0.4, 0.5) is 5.69 Å². The Morgan fingerprint density at radius 1 is 1.50 bits per heavy atom. The van der Waals surface area contributed by atoms with Gasteiger partial charge in [0.05, 0.1) is 17.4 Å². The second-order valence-corrected chi connectivity index (χ2v) is 2.37. The molecule has 12 heavy (non-hydrogen) atoms. The third-order valence-corrected chi connectivity index (χ3v) is 1.60. The van der Waals surface area contributed by atoms with E-state index in [0.717, 1.165) is 10.9 Å². The van der Waals surface area contributed by atoms with Crippen molar-refractivity contribution in [1.82, 2.24) is 10.2 Å². The van der Waals surface area contributed by atoms with E-state index < -0.39 is 0 Å². The van der Waals surface area contributed by atoms with Crippen molar-refractivity contribution in [3.63, 3.8) is 0 Å². The average Bonchev–Trinajstić information content (AvgIpc) is 2.51. The van der Waals surface area contributed by atoms with E-state index in [9.17, 15) is 0 Å². The molecule has 0 fully saturated rings. The Bertz CT molecular complexity index is 385. The Hall–Kier alpha value is -1.59. The van der Waals surface area contributed by atoms with E-state index in [1.165, 1.54) is 0 Å². The molecule has 1 aromatic carbocycles. The Morgan fingerprint density at radius 3 is 3.25 bits per heavy atom. The summed E-state index contributed by atoms with van der Waals surface area (Å²) in [5.41, 5.74) is 3.92. The van der Waals surface area contributed by atoms with Crippen LogP contribution >= 0.6 is 0 Å². The van der Waals surface area contributed by atoms with E-state index in [0.29, 0.717) is 5.69 Å². The summed E-state index contributed by atoms with van der Waals surface area (Å²) in [5.74, 6) is 0. The summed E-state index contributed by atoms with van der Waals surface area (Å²) >= 11 is 0. The van der Waals surface area contributed by atoms with E-state index in [1.54, 1.807) is 18.3 Å². The Kier molecular flexibility index (Phi) is 1.65. The summed E-state index contributed by atoms with van der Waals surface area (Å²) in [5, 5.41) is 15.7. The number of nitrogens with one attached hydrogen (secondary N) is 2. The van der Waals surface area contributed by atoms with Crippen molar-refractivity contribution in [2.24, 2.45) is 0 Å². The summed E-state index contributed by atoms with van der Waals surface area (Å²) in [6, 6.07) is 5.40. The minimum Gasteiger partial charge on any atom is -0.278 e. The van der Waals surface area contributed by atoms with Crippen LogP contribution in [-0.4, -0.2) is 15.5 Å². The number of benzene rings is 1. The molecule has 0 bridgehead atoms. The van der Waals surface area contributed by atoms with E-state index in [-0.39, 0.29) is 0 Å². The highest BCUT2D eigenvalue weighted by molar-refractivity contribution is 5.81.